The van der Waals surface area contributed by atoms with Crippen molar-refractivity contribution in [2.24, 2.45) is 0 Å². The van der Waals surface area contributed by atoms with Crippen LogP contribution in [0.5, 0.6) is 0 Å². The molecule has 0 radical (unpaired) electrons. The fourth-order valence-corrected chi connectivity index (χ4v) is 1.22. The number of likely N-dealkylation sites (N-methyl/N-ethyl adjacent to an activating group) is 1. The molecule has 0 aliphatic rings. The summed E-state index contributed by atoms with van der Waals surface area (Å²) in [6.45, 7) is 0.187. The predicted octanol–water partition coefficient (Wildman–Crippen LogP) is -0.705. The number of aldehydes is 1. The second kappa shape index (κ2) is 6.87. The molecule has 6 nitrogen and oxygen atoms in total. The maximum Gasteiger partial charge on any atom is 0.602 e. The summed E-state index contributed by atoms with van der Waals surface area (Å²) in [5.41, 5.74) is 0.416. The summed E-state index contributed by atoms with van der Waals surface area (Å²) < 4.78 is 15.1. The Hall–Kier alpha value is -1.60. The molecule has 0 unspecified atom stereocenters. The van der Waals surface area contributed by atoms with Crippen molar-refractivity contribution >= 4 is 25.0 Å². The van der Waals surface area contributed by atoms with E-state index in [4.69, 9.17) is 13.7 Å². The molecule has 1 heterocycles. The number of furan rings is 1. The van der Waals surface area contributed by atoms with Crippen molar-refractivity contribution in [3.63, 3.8) is 0 Å². The van der Waals surface area contributed by atoms with E-state index in [-0.39, 0.29) is 13.1 Å². The van der Waals surface area contributed by atoms with Gasteiger partial charge in [-0.25, -0.2) is 0 Å². The molecular formula is C10H14BNO5. The third-order valence-corrected chi connectivity index (χ3v) is 2.01. The lowest BCUT2D eigenvalue weighted by atomic mass is 9.86. The van der Waals surface area contributed by atoms with Gasteiger partial charge < -0.3 is 18.5 Å². The van der Waals surface area contributed by atoms with Crippen LogP contribution in [-0.4, -0.2) is 51.5 Å². The van der Waals surface area contributed by atoms with E-state index in [0.29, 0.717) is 11.9 Å². The molecule has 1 aromatic heterocycles. The van der Waals surface area contributed by atoms with E-state index >= 15 is 0 Å². The molecule has 0 bridgehead atoms. The summed E-state index contributed by atoms with van der Waals surface area (Å²) >= 11 is 0. The highest BCUT2D eigenvalue weighted by atomic mass is 16.6. The normalized spacial score (nSPS) is 10.3. The Morgan fingerprint density at radius 3 is 2.94 bits per heavy atom. The Kier molecular flexibility index (Phi) is 5.45. The first-order valence-corrected chi connectivity index (χ1v) is 5.05. The summed E-state index contributed by atoms with van der Waals surface area (Å²) in [4.78, 5) is 23.3. The first kappa shape index (κ1) is 13.5. The van der Waals surface area contributed by atoms with Crippen LogP contribution in [-0.2, 0) is 18.9 Å². The molecule has 0 atom stereocenters. The highest BCUT2D eigenvalue weighted by Crippen LogP contribution is 1.94. The molecule has 1 rings (SSSR count). The highest BCUT2D eigenvalue weighted by molar-refractivity contribution is 6.61. The number of rotatable bonds is 7. The van der Waals surface area contributed by atoms with E-state index < -0.39 is 13.1 Å². The fourth-order valence-electron chi connectivity index (χ4n) is 1.22. The second-order valence-corrected chi connectivity index (χ2v) is 3.44. The van der Waals surface area contributed by atoms with Gasteiger partial charge in [-0.2, -0.15) is 0 Å². The number of carbonyl (C=O) groups is 2. The maximum absolute atomic E-state index is 11.5. The largest absolute Gasteiger partial charge is 0.602 e. The van der Waals surface area contributed by atoms with Crippen LogP contribution in [0.2, 0.25) is 0 Å². The zero-order valence-electron chi connectivity index (χ0n) is 9.79. The van der Waals surface area contributed by atoms with Gasteiger partial charge in [0.25, 0.3) is 0 Å². The standard InChI is InChI=1S/C10H14BNO5/c1-12(5-6-13)8-10(14)17-11(15-2)9-4-3-7-16-9/h3-4,6-7H,5,8H2,1-2H3. The molecule has 0 N–H and O–H groups in total. The zero-order chi connectivity index (χ0) is 12.7. The third kappa shape index (κ3) is 4.42. The molecule has 0 fully saturated rings. The molecular weight excluding hydrogens is 225 g/mol. The number of carbonyl (C=O) groups excluding carboxylic acids is 2. The molecule has 0 amide bonds. The lowest BCUT2D eigenvalue weighted by Crippen LogP contribution is -2.40. The van der Waals surface area contributed by atoms with Gasteiger partial charge >= 0.3 is 13.1 Å². The molecule has 0 saturated heterocycles. The molecule has 0 aliphatic heterocycles. The molecule has 17 heavy (non-hydrogen) atoms. The van der Waals surface area contributed by atoms with Crippen molar-refractivity contribution in [3.05, 3.63) is 18.4 Å². The number of hydrogen-bond acceptors (Lipinski definition) is 6. The van der Waals surface area contributed by atoms with Crippen molar-refractivity contribution in [3.8, 4) is 0 Å². The molecule has 1 aromatic rings. The smallest absolute Gasteiger partial charge is 0.503 e. The average Bonchev–Trinajstić information content (AvgIpc) is 2.79. The SMILES string of the molecule is COB(OC(=O)CN(C)CC=O)c1ccco1. The lowest BCUT2D eigenvalue weighted by Gasteiger charge is -2.14. The van der Waals surface area contributed by atoms with Crippen LogP contribution >= 0.6 is 0 Å². The maximum atomic E-state index is 11.5. The van der Waals surface area contributed by atoms with E-state index in [1.807, 2.05) is 0 Å². The van der Waals surface area contributed by atoms with Gasteiger partial charge in [-0.1, -0.05) is 0 Å². The van der Waals surface area contributed by atoms with Gasteiger partial charge in [0.1, 0.15) is 11.9 Å². The van der Waals surface area contributed by atoms with Crippen molar-refractivity contribution in [2.45, 2.75) is 0 Å². The van der Waals surface area contributed by atoms with E-state index in [2.05, 4.69) is 0 Å². The molecule has 7 heteroatoms. The minimum Gasteiger partial charge on any atom is -0.503 e. The monoisotopic (exact) mass is 239 g/mol. The van der Waals surface area contributed by atoms with Crippen molar-refractivity contribution in [1.29, 1.82) is 0 Å². The van der Waals surface area contributed by atoms with Crippen LogP contribution < -0.4 is 5.66 Å². The summed E-state index contributed by atoms with van der Waals surface area (Å²) in [7, 11) is 2.20. The molecule has 0 spiro atoms. The lowest BCUT2D eigenvalue weighted by molar-refractivity contribution is -0.136. The van der Waals surface area contributed by atoms with Gasteiger partial charge in [0, 0.05) is 7.11 Å². The molecule has 92 valence electrons. The van der Waals surface area contributed by atoms with E-state index in [0.717, 1.165) is 0 Å². The van der Waals surface area contributed by atoms with Gasteiger partial charge in [-0.15, -0.1) is 0 Å². The van der Waals surface area contributed by atoms with Crippen LogP contribution in [0.15, 0.2) is 22.8 Å². The predicted molar refractivity (Wildman–Crippen MR) is 60.8 cm³/mol. The number of nitrogens with zero attached hydrogens (tertiary/aromatic N) is 1. The van der Waals surface area contributed by atoms with Gasteiger partial charge in [-0.05, 0) is 19.2 Å². The minimum atomic E-state index is -0.859. The second-order valence-electron chi connectivity index (χ2n) is 3.44. The Labute approximate surface area is 99.6 Å². The Balaban J connectivity index is 2.46. The zero-order valence-corrected chi connectivity index (χ0v) is 9.79. The first-order valence-electron chi connectivity index (χ1n) is 5.05. The van der Waals surface area contributed by atoms with E-state index in [9.17, 15) is 9.59 Å². The molecule has 0 saturated carbocycles. The summed E-state index contributed by atoms with van der Waals surface area (Å²) in [5, 5.41) is 0. The highest BCUT2D eigenvalue weighted by Gasteiger charge is 2.28. The van der Waals surface area contributed by atoms with Gasteiger partial charge in [0.2, 0.25) is 0 Å². The molecule has 0 aromatic carbocycles. The van der Waals surface area contributed by atoms with Gasteiger partial charge in [0.15, 0.2) is 0 Å². The summed E-state index contributed by atoms with van der Waals surface area (Å²) in [6.07, 6.45) is 2.18. The quantitative estimate of drug-likeness (QED) is 0.462. The Bertz CT molecular complexity index is 354. The van der Waals surface area contributed by atoms with Gasteiger partial charge in [-0.3, -0.25) is 9.69 Å². The van der Waals surface area contributed by atoms with Crippen LogP contribution in [0.1, 0.15) is 0 Å². The van der Waals surface area contributed by atoms with Gasteiger partial charge in [0.05, 0.1) is 19.4 Å². The summed E-state index contributed by atoms with van der Waals surface area (Å²) in [5.74, 6) is -0.488. The number of hydrogen-bond donors (Lipinski definition) is 0. The van der Waals surface area contributed by atoms with Crippen LogP contribution in [0, 0.1) is 0 Å². The average molecular weight is 239 g/mol. The van der Waals surface area contributed by atoms with Crippen LogP contribution in [0.3, 0.4) is 0 Å². The first-order chi connectivity index (χ1) is 8.17. The van der Waals surface area contributed by atoms with Crippen molar-refractivity contribution in [2.75, 3.05) is 27.2 Å². The van der Waals surface area contributed by atoms with E-state index in [1.54, 1.807) is 19.2 Å². The van der Waals surface area contributed by atoms with Crippen molar-refractivity contribution in [1.82, 2.24) is 4.90 Å². The molecule has 0 aliphatic carbocycles. The minimum absolute atomic E-state index is 0.0132. The van der Waals surface area contributed by atoms with Crippen molar-refractivity contribution < 1.29 is 23.3 Å². The third-order valence-electron chi connectivity index (χ3n) is 2.01. The van der Waals surface area contributed by atoms with Crippen LogP contribution in [0.25, 0.3) is 0 Å². The summed E-state index contributed by atoms with van der Waals surface area (Å²) in [6, 6.07) is 3.32. The Morgan fingerprint density at radius 1 is 1.65 bits per heavy atom. The van der Waals surface area contributed by atoms with E-state index in [1.165, 1.54) is 18.3 Å². The topological polar surface area (TPSA) is 69.0 Å². The Morgan fingerprint density at radius 2 is 2.41 bits per heavy atom. The fraction of sp³-hybridized carbons (Fsp3) is 0.400. The van der Waals surface area contributed by atoms with Crippen LogP contribution in [0.4, 0.5) is 0 Å².